The summed E-state index contributed by atoms with van der Waals surface area (Å²) < 4.78 is 25.7. The SMILES string of the molecule is CCOc1cccc([C@@H](C)NC(C)c2cc(-c3cc(F)cc(CCC(=O)OC(C)C)c3)c3ccccc3c2)c1. The maximum Gasteiger partial charge on any atom is 0.306 e. The molecule has 2 atom stereocenters. The van der Waals surface area contributed by atoms with E-state index in [1.165, 1.54) is 6.07 Å². The summed E-state index contributed by atoms with van der Waals surface area (Å²) in [5.74, 6) is 0.274. The van der Waals surface area contributed by atoms with Gasteiger partial charge >= 0.3 is 5.97 Å². The first-order valence-electron chi connectivity index (χ1n) is 13.7. The largest absolute Gasteiger partial charge is 0.494 e. The highest BCUT2D eigenvalue weighted by Crippen LogP contribution is 2.34. The van der Waals surface area contributed by atoms with Gasteiger partial charge in [-0.25, -0.2) is 4.39 Å². The van der Waals surface area contributed by atoms with Crippen LogP contribution in [0.2, 0.25) is 0 Å². The number of rotatable bonds is 11. The van der Waals surface area contributed by atoms with Gasteiger partial charge in [-0.15, -0.1) is 0 Å². The van der Waals surface area contributed by atoms with Gasteiger partial charge in [-0.2, -0.15) is 0 Å². The van der Waals surface area contributed by atoms with E-state index in [2.05, 4.69) is 55.6 Å². The third kappa shape index (κ3) is 7.45. The summed E-state index contributed by atoms with van der Waals surface area (Å²) in [5.41, 5.74) is 4.80. The number of halogens is 1. The van der Waals surface area contributed by atoms with Crippen molar-refractivity contribution in [2.24, 2.45) is 0 Å². The summed E-state index contributed by atoms with van der Waals surface area (Å²) in [4.78, 5) is 12.1. The highest BCUT2D eigenvalue weighted by molar-refractivity contribution is 5.97. The molecule has 0 aromatic heterocycles. The van der Waals surface area contributed by atoms with Crippen molar-refractivity contribution >= 4 is 16.7 Å². The highest BCUT2D eigenvalue weighted by atomic mass is 19.1. The lowest BCUT2D eigenvalue weighted by atomic mass is 9.92. The van der Waals surface area contributed by atoms with E-state index in [1.807, 2.05) is 51.1 Å². The minimum atomic E-state index is -0.316. The van der Waals surface area contributed by atoms with Gasteiger partial charge in [-0.05, 0) is 116 Å². The van der Waals surface area contributed by atoms with Crippen LogP contribution in [-0.2, 0) is 16.0 Å². The fourth-order valence-electron chi connectivity index (χ4n) is 4.95. The summed E-state index contributed by atoms with van der Waals surface area (Å²) in [6, 6.07) is 25.9. The number of hydrogen-bond acceptors (Lipinski definition) is 4. The minimum Gasteiger partial charge on any atom is -0.494 e. The normalized spacial score (nSPS) is 12.9. The van der Waals surface area contributed by atoms with Crippen molar-refractivity contribution in [2.75, 3.05) is 6.61 Å². The number of nitrogens with one attached hydrogen (secondary N) is 1. The van der Waals surface area contributed by atoms with Gasteiger partial charge in [-0.3, -0.25) is 4.79 Å². The molecule has 39 heavy (non-hydrogen) atoms. The third-order valence-corrected chi connectivity index (χ3v) is 6.81. The van der Waals surface area contributed by atoms with Crippen LogP contribution < -0.4 is 10.1 Å². The first-order valence-corrected chi connectivity index (χ1v) is 13.7. The van der Waals surface area contributed by atoms with E-state index in [9.17, 15) is 9.18 Å². The molecule has 0 spiro atoms. The van der Waals surface area contributed by atoms with Crippen molar-refractivity contribution in [3.8, 4) is 16.9 Å². The number of fused-ring (bicyclic) bond motifs is 1. The van der Waals surface area contributed by atoms with E-state index >= 15 is 0 Å². The van der Waals surface area contributed by atoms with Crippen molar-refractivity contribution in [2.45, 2.75) is 65.6 Å². The van der Waals surface area contributed by atoms with Gasteiger partial charge in [0.2, 0.25) is 0 Å². The van der Waals surface area contributed by atoms with Crippen LogP contribution in [0.1, 0.15) is 69.8 Å². The van der Waals surface area contributed by atoms with Gasteiger partial charge in [0.05, 0.1) is 12.7 Å². The molecule has 0 fully saturated rings. The van der Waals surface area contributed by atoms with Crippen molar-refractivity contribution in [1.82, 2.24) is 5.32 Å². The first kappa shape index (κ1) is 28.3. The summed E-state index contributed by atoms with van der Waals surface area (Å²) in [6.45, 7) is 10.6. The molecule has 0 heterocycles. The van der Waals surface area contributed by atoms with E-state index in [0.29, 0.717) is 13.0 Å². The Morgan fingerprint density at radius 2 is 1.64 bits per heavy atom. The van der Waals surface area contributed by atoms with Crippen molar-refractivity contribution in [1.29, 1.82) is 0 Å². The average Bonchev–Trinajstić information content (AvgIpc) is 2.91. The molecule has 0 radical (unpaired) electrons. The van der Waals surface area contributed by atoms with Gasteiger partial charge in [-0.1, -0.05) is 42.5 Å². The third-order valence-electron chi connectivity index (χ3n) is 6.81. The Hall–Kier alpha value is -3.70. The predicted octanol–water partition coefficient (Wildman–Crippen LogP) is 8.34. The van der Waals surface area contributed by atoms with Crippen LogP contribution in [0, 0.1) is 5.82 Å². The monoisotopic (exact) mass is 527 g/mol. The second-order valence-corrected chi connectivity index (χ2v) is 10.3. The Kier molecular flexibility index (Phi) is 9.36. The van der Waals surface area contributed by atoms with E-state index in [1.54, 1.807) is 6.07 Å². The lowest BCUT2D eigenvalue weighted by Gasteiger charge is -2.23. The molecule has 204 valence electrons. The molecule has 0 bridgehead atoms. The number of hydrogen-bond donors (Lipinski definition) is 1. The maximum absolute atomic E-state index is 14.8. The topological polar surface area (TPSA) is 47.6 Å². The number of benzene rings is 4. The molecular weight excluding hydrogens is 489 g/mol. The zero-order valence-corrected chi connectivity index (χ0v) is 23.5. The minimum absolute atomic E-state index is 0.0398. The molecule has 1 N–H and O–H groups in total. The molecule has 0 saturated heterocycles. The van der Waals surface area contributed by atoms with Crippen LogP contribution in [0.25, 0.3) is 21.9 Å². The standard InChI is InChI=1S/C34H38FNO3/c1-6-38-31-12-9-11-26(20-31)23(4)36-24(5)28-18-27-10-7-8-13-32(27)33(21-28)29-16-25(17-30(35)19-29)14-15-34(37)39-22(2)3/h7-13,16-24,36H,6,14-15H2,1-5H3/t23-,24?/m1/s1. The van der Waals surface area contributed by atoms with Crippen molar-refractivity contribution in [3.05, 3.63) is 101 Å². The second kappa shape index (κ2) is 12.9. The molecule has 0 aliphatic rings. The quantitative estimate of drug-likeness (QED) is 0.199. The molecule has 0 aliphatic heterocycles. The molecule has 5 heteroatoms. The molecule has 1 unspecified atom stereocenters. The number of aryl methyl sites for hydroxylation is 1. The lowest BCUT2D eigenvalue weighted by Crippen LogP contribution is -2.22. The van der Waals surface area contributed by atoms with Gasteiger partial charge in [0.15, 0.2) is 0 Å². The van der Waals surface area contributed by atoms with Crippen LogP contribution in [-0.4, -0.2) is 18.7 Å². The molecule has 0 saturated carbocycles. The molecule has 4 aromatic rings. The Morgan fingerprint density at radius 3 is 2.41 bits per heavy atom. The van der Waals surface area contributed by atoms with Crippen LogP contribution in [0.4, 0.5) is 4.39 Å². The van der Waals surface area contributed by atoms with E-state index in [-0.39, 0.29) is 36.4 Å². The van der Waals surface area contributed by atoms with E-state index in [4.69, 9.17) is 9.47 Å². The van der Waals surface area contributed by atoms with Crippen LogP contribution in [0.5, 0.6) is 5.75 Å². The molecule has 0 amide bonds. The summed E-state index contributed by atoms with van der Waals surface area (Å²) in [5, 5.41) is 5.87. The van der Waals surface area contributed by atoms with Crippen molar-refractivity contribution in [3.63, 3.8) is 0 Å². The maximum atomic E-state index is 14.8. The van der Waals surface area contributed by atoms with E-state index in [0.717, 1.165) is 44.3 Å². The Labute approximate surface area is 231 Å². The van der Waals surface area contributed by atoms with Crippen LogP contribution in [0.3, 0.4) is 0 Å². The fourth-order valence-corrected chi connectivity index (χ4v) is 4.95. The van der Waals surface area contributed by atoms with Gasteiger partial charge in [0, 0.05) is 18.5 Å². The number of carbonyl (C=O) groups is 1. The molecule has 4 aromatic carbocycles. The zero-order chi connectivity index (χ0) is 27.9. The zero-order valence-electron chi connectivity index (χ0n) is 23.5. The highest BCUT2D eigenvalue weighted by Gasteiger charge is 2.16. The molecule has 0 aliphatic carbocycles. The van der Waals surface area contributed by atoms with Crippen LogP contribution >= 0.6 is 0 Å². The number of carbonyl (C=O) groups excluding carboxylic acids is 1. The Bertz CT molecular complexity index is 1430. The Balaban J connectivity index is 1.63. The van der Waals surface area contributed by atoms with Gasteiger partial charge in [0.25, 0.3) is 0 Å². The van der Waals surface area contributed by atoms with E-state index < -0.39 is 0 Å². The van der Waals surface area contributed by atoms with Crippen molar-refractivity contribution < 1.29 is 18.7 Å². The van der Waals surface area contributed by atoms with Gasteiger partial charge in [0.1, 0.15) is 11.6 Å². The summed E-state index contributed by atoms with van der Waals surface area (Å²) in [6.07, 6.45) is 0.469. The second-order valence-electron chi connectivity index (χ2n) is 10.3. The predicted molar refractivity (Wildman–Crippen MR) is 156 cm³/mol. The smallest absolute Gasteiger partial charge is 0.306 e. The summed E-state index contributed by atoms with van der Waals surface area (Å²) in [7, 11) is 0. The lowest BCUT2D eigenvalue weighted by molar-refractivity contribution is -0.147. The molecular formula is C34H38FNO3. The van der Waals surface area contributed by atoms with Crippen LogP contribution in [0.15, 0.2) is 78.9 Å². The number of esters is 1. The summed E-state index contributed by atoms with van der Waals surface area (Å²) >= 11 is 0. The molecule has 4 rings (SSSR count). The Morgan fingerprint density at radius 1 is 0.872 bits per heavy atom. The fraction of sp³-hybridized carbons (Fsp3) is 0.324. The number of ether oxygens (including phenoxy) is 2. The first-order chi connectivity index (χ1) is 18.7. The average molecular weight is 528 g/mol. The molecule has 4 nitrogen and oxygen atoms in total. The van der Waals surface area contributed by atoms with Gasteiger partial charge < -0.3 is 14.8 Å².